The molecule has 2 unspecified atom stereocenters. The van der Waals surface area contributed by atoms with E-state index in [2.05, 4.69) is 4.74 Å². The molecule has 2 atom stereocenters. The number of aliphatic hydroxyl groups is 1. The van der Waals surface area contributed by atoms with Gasteiger partial charge in [0.05, 0.1) is 37.4 Å². The zero-order valence-electron chi connectivity index (χ0n) is 12.1. The number of carbonyl (C=O) groups is 1. The molecule has 21 heavy (non-hydrogen) atoms. The average molecular weight is 315 g/mol. The summed E-state index contributed by atoms with van der Waals surface area (Å²) in [5, 5.41) is 10.7. The summed E-state index contributed by atoms with van der Waals surface area (Å²) >= 11 is 6.18. The summed E-state index contributed by atoms with van der Waals surface area (Å²) in [6.07, 6.45) is 0.207. The van der Waals surface area contributed by atoms with E-state index >= 15 is 0 Å². The molecular weight excluding hydrogens is 296 g/mol. The molecule has 5 nitrogen and oxygen atoms in total. The van der Waals surface area contributed by atoms with Crippen molar-refractivity contribution in [1.29, 1.82) is 0 Å². The number of hydrogen-bond acceptors (Lipinski definition) is 5. The third kappa shape index (κ3) is 3.80. The number of benzene rings is 1. The van der Waals surface area contributed by atoms with Crippen LogP contribution in [-0.4, -0.2) is 31.4 Å². The maximum absolute atomic E-state index is 11.4. The summed E-state index contributed by atoms with van der Waals surface area (Å²) in [5.74, 6) is 0.278. The number of fused-ring (bicyclic) bond motifs is 1. The van der Waals surface area contributed by atoms with Crippen LogP contribution in [0.4, 0.5) is 0 Å². The van der Waals surface area contributed by atoms with Gasteiger partial charge in [-0.3, -0.25) is 4.79 Å². The minimum atomic E-state index is -0.825. The van der Waals surface area contributed by atoms with Crippen LogP contribution >= 0.6 is 11.6 Å². The molecule has 1 heterocycles. The molecule has 1 aromatic rings. The molecule has 1 aliphatic rings. The summed E-state index contributed by atoms with van der Waals surface area (Å²) in [6.45, 7) is 2.80. The Kier molecular flexibility index (Phi) is 5.31. The van der Waals surface area contributed by atoms with Crippen molar-refractivity contribution in [3.63, 3.8) is 0 Å². The van der Waals surface area contributed by atoms with E-state index in [1.807, 2.05) is 0 Å². The molecule has 1 aromatic carbocycles. The number of rotatable bonds is 4. The first-order valence-corrected chi connectivity index (χ1v) is 7.25. The molecule has 0 saturated heterocycles. The number of hydrogen-bond donors (Lipinski definition) is 1. The Balaban J connectivity index is 2.18. The summed E-state index contributed by atoms with van der Waals surface area (Å²) in [6, 6.07) is 3.35. The van der Waals surface area contributed by atoms with E-state index in [-0.39, 0.29) is 12.4 Å². The standard InChI is InChI=1S/C15H19ClO5/c1-9(15(18)19-2)6-12(17)10-7-11(16)14-13(8-10)20-4-3-5-21-14/h7-9,12,17H,3-6H2,1-2H3. The van der Waals surface area contributed by atoms with Gasteiger partial charge in [0.2, 0.25) is 0 Å². The van der Waals surface area contributed by atoms with E-state index in [1.165, 1.54) is 7.11 Å². The summed E-state index contributed by atoms with van der Waals surface area (Å²) in [7, 11) is 1.33. The van der Waals surface area contributed by atoms with Crippen LogP contribution in [0.3, 0.4) is 0 Å². The minimum absolute atomic E-state index is 0.253. The van der Waals surface area contributed by atoms with Crippen LogP contribution in [0.2, 0.25) is 5.02 Å². The minimum Gasteiger partial charge on any atom is -0.489 e. The van der Waals surface area contributed by atoms with Crippen LogP contribution in [0.25, 0.3) is 0 Å². The van der Waals surface area contributed by atoms with Gasteiger partial charge in [0.1, 0.15) is 0 Å². The van der Waals surface area contributed by atoms with Crippen molar-refractivity contribution in [1.82, 2.24) is 0 Å². The number of methoxy groups -OCH3 is 1. The van der Waals surface area contributed by atoms with E-state index in [0.29, 0.717) is 35.3 Å². The molecule has 2 rings (SSSR count). The second-order valence-electron chi connectivity index (χ2n) is 5.06. The quantitative estimate of drug-likeness (QED) is 0.866. The Morgan fingerprint density at radius 2 is 2.14 bits per heavy atom. The zero-order valence-corrected chi connectivity index (χ0v) is 12.9. The van der Waals surface area contributed by atoms with E-state index in [0.717, 1.165) is 6.42 Å². The smallest absolute Gasteiger partial charge is 0.308 e. The van der Waals surface area contributed by atoms with Crippen molar-refractivity contribution in [2.45, 2.75) is 25.9 Å². The molecule has 116 valence electrons. The molecule has 6 heteroatoms. The molecule has 0 aliphatic carbocycles. The molecule has 0 radical (unpaired) electrons. The van der Waals surface area contributed by atoms with Gasteiger partial charge in [-0.15, -0.1) is 0 Å². The molecule has 0 fully saturated rings. The molecule has 0 amide bonds. The highest BCUT2D eigenvalue weighted by Crippen LogP contribution is 2.40. The Bertz CT molecular complexity index is 517. The van der Waals surface area contributed by atoms with Gasteiger partial charge in [-0.1, -0.05) is 18.5 Å². The van der Waals surface area contributed by atoms with Crippen LogP contribution in [0, 0.1) is 5.92 Å². The first kappa shape index (κ1) is 15.9. The molecular formula is C15H19ClO5. The third-order valence-electron chi connectivity index (χ3n) is 3.39. The predicted octanol–water partition coefficient (Wildman–Crippen LogP) is 2.73. The van der Waals surface area contributed by atoms with E-state index in [4.69, 9.17) is 21.1 Å². The number of esters is 1. The average Bonchev–Trinajstić information content (AvgIpc) is 2.71. The normalized spacial score (nSPS) is 16.8. The van der Waals surface area contributed by atoms with Crippen LogP contribution < -0.4 is 9.47 Å². The van der Waals surface area contributed by atoms with Crippen LogP contribution in [0.1, 0.15) is 31.4 Å². The Morgan fingerprint density at radius 1 is 1.43 bits per heavy atom. The predicted molar refractivity (Wildman–Crippen MR) is 77.8 cm³/mol. The van der Waals surface area contributed by atoms with Gasteiger partial charge in [-0.05, 0) is 24.1 Å². The third-order valence-corrected chi connectivity index (χ3v) is 3.67. The Hall–Kier alpha value is -1.46. The van der Waals surface area contributed by atoms with Crippen LogP contribution in [-0.2, 0) is 9.53 Å². The molecule has 0 saturated carbocycles. The number of aliphatic hydroxyl groups excluding tert-OH is 1. The molecule has 1 N–H and O–H groups in total. The van der Waals surface area contributed by atoms with E-state index in [9.17, 15) is 9.90 Å². The Labute approximate surface area is 128 Å². The summed E-state index contributed by atoms with van der Waals surface area (Å²) in [4.78, 5) is 11.4. The maximum atomic E-state index is 11.4. The molecule has 0 bridgehead atoms. The second kappa shape index (κ2) is 7.00. The topological polar surface area (TPSA) is 65.0 Å². The van der Waals surface area contributed by atoms with Crippen molar-refractivity contribution < 1.29 is 24.1 Å². The SMILES string of the molecule is COC(=O)C(C)CC(O)c1cc(Cl)c2c(c1)OCCCO2. The van der Waals surface area contributed by atoms with Gasteiger partial charge in [0, 0.05) is 6.42 Å². The first-order chi connectivity index (χ1) is 10.0. The molecule has 0 aromatic heterocycles. The molecule has 0 spiro atoms. The Morgan fingerprint density at radius 3 is 2.86 bits per heavy atom. The van der Waals surface area contributed by atoms with Gasteiger partial charge < -0.3 is 19.3 Å². The van der Waals surface area contributed by atoms with Crippen molar-refractivity contribution in [3.8, 4) is 11.5 Å². The highest BCUT2D eigenvalue weighted by molar-refractivity contribution is 6.32. The largest absolute Gasteiger partial charge is 0.489 e. The lowest BCUT2D eigenvalue weighted by molar-refractivity contribution is -0.145. The van der Waals surface area contributed by atoms with Crippen molar-refractivity contribution in [3.05, 3.63) is 22.7 Å². The lowest BCUT2D eigenvalue weighted by atomic mass is 9.98. The van der Waals surface area contributed by atoms with Gasteiger partial charge in [-0.2, -0.15) is 0 Å². The lowest BCUT2D eigenvalue weighted by Gasteiger charge is -2.17. The van der Waals surface area contributed by atoms with Crippen molar-refractivity contribution >= 4 is 17.6 Å². The number of carbonyl (C=O) groups excluding carboxylic acids is 1. The monoisotopic (exact) mass is 314 g/mol. The van der Waals surface area contributed by atoms with Gasteiger partial charge in [0.15, 0.2) is 11.5 Å². The molecule has 1 aliphatic heterocycles. The number of halogens is 1. The lowest BCUT2D eigenvalue weighted by Crippen LogP contribution is -2.16. The zero-order chi connectivity index (χ0) is 15.4. The van der Waals surface area contributed by atoms with Crippen molar-refractivity contribution in [2.75, 3.05) is 20.3 Å². The second-order valence-corrected chi connectivity index (χ2v) is 5.46. The van der Waals surface area contributed by atoms with Gasteiger partial charge in [0.25, 0.3) is 0 Å². The maximum Gasteiger partial charge on any atom is 0.308 e. The fourth-order valence-corrected chi connectivity index (χ4v) is 2.49. The number of ether oxygens (including phenoxy) is 3. The highest BCUT2D eigenvalue weighted by Gasteiger charge is 2.22. The van der Waals surface area contributed by atoms with E-state index in [1.54, 1.807) is 19.1 Å². The first-order valence-electron chi connectivity index (χ1n) is 6.88. The summed E-state index contributed by atoms with van der Waals surface area (Å²) in [5.41, 5.74) is 0.597. The van der Waals surface area contributed by atoms with Gasteiger partial charge in [-0.25, -0.2) is 0 Å². The summed E-state index contributed by atoms with van der Waals surface area (Å²) < 4.78 is 15.8. The van der Waals surface area contributed by atoms with Crippen molar-refractivity contribution in [2.24, 2.45) is 5.92 Å². The van der Waals surface area contributed by atoms with Crippen LogP contribution in [0.5, 0.6) is 11.5 Å². The van der Waals surface area contributed by atoms with E-state index < -0.39 is 12.0 Å². The van der Waals surface area contributed by atoms with Gasteiger partial charge >= 0.3 is 5.97 Å². The fourth-order valence-electron chi connectivity index (χ4n) is 2.21. The fraction of sp³-hybridized carbons (Fsp3) is 0.533. The van der Waals surface area contributed by atoms with Crippen LogP contribution in [0.15, 0.2) is 12.1 Å². The highest BCUT2D eigenvalue weighted by atomic mass is 35.5.